The summed E-state index contributed by atoms with van der Waals surface area (Å²) in [6, 6.07) is 0. The predicted octanol–water partition coefficient (Wildman–Crippen LogP) is 6.37. The van der Waals surface area contributed by atoms with Gasteiger partial charge in [-0.1, -0.05) is 52.2 Å². The molecule has 0 aromatic carbocycles. The van der Waals surface area contributed by atoms with E-state index in [0.29, 0.717) is 16.2 Å². The molecule has 5 atom stereocenters. The molecule has 21 heavy (non-hydrogen) atoms. The van der Waals surface area contributed by atoms with Crippen molar-refractivity contribution in [2.45, 2.75) is 85.5 Å². The molecule has 0 heteroatoms. The largest absolute Gasteiger partial charge is 0.0839 e. The molecular formula is C21H34. The van der Waals surface area contributed by atoms with Crippen LogP contribution < -0.4 is 0 Å². The highest BCUT2D eigenvalue weighted by Gasteiger charge is 2.57. The molecule has 4 aliphatic rings. The Kier molecular flexibility index (Phi) is 3.00. The maximum atomic E-state index is 2.73. The summed E-state index contributed by atoms with van der Waals surface area (Å²) in [4.78, 5) is 0. The first-order valence-electron chi connectivity index (χ1n) is 9.58. The van der Waals surface area contributed by atoms with Gasteiger partial charge in [0.1, 0.15) is 0 Å². The van der Waals surface area contributed by atoms with Gasteiger partial charge in [0, 0.05) is 0 Å². The summed E-state index contributed by atoms with van der Waals surface area (Å²) < 4.78 is 0. The SMILES string of the molecule is CC1(C)CCC[C@@]2(C)C1=CC[C@H]1[C@@H]3CCC[C@@]3(C)CC[C@@H]12. The van der Waals surface area contributed by atoms with Gasteiger partial charge in [-0.2, -0.15) is 0 Å². The van der Waals surface area contributed by atoms with Crippen LogP contribution in [-0.2, 0) is 0 Å². The average Bonchev–Trinajstić information content (AvgIpc) is 2.79. The van der Waals surface area contributed by atoms with Gasteiger partial charge in [0.2, 0.25) is 0 Å². The molecule has 118 valence electrons. The fourth-order valence-corrected chi connectivity index (χ4v) is 7.49. The van der Waals surface area contributed by atoms with Crippen molar-refractivity contribution in [3.8, 4) is 0 Å². The molecular weight excluding hydrogens is 252 g/mol. The zero-order valence-corrected chi connectivity index (χ0v) is 14.7. The zero-order chi connectivity index (χ0) is 14.9. The first kappa shape index (κ1) is 14.3. The lowest BCUT2D eigenvalue weighted by Gasteiger charge is -2.59. The molecule has 0 heterocycles. The van der Waals surface area contributed by atoms with Crippen molar-refractivity contribution in [3.63, 3.8) is 0 Å². The second kappa shape index (κ2) is 4.39. The van der Waals surface area contributed by atoms with E-state index in [1.165, 1.54) is 57.8 Å². The van der Waals surface area contributed by atoms with Gasteiger partial charge in [-0.15, -0.1) is 0 Å². The van der Waals surface area contributed by atoms with Gasteiger partial charge in [0.15, 0.2) is 0 Å². The summed E-state index contributed by atoms with van der Waals surface area (Å²) in [6.45, 7) is 10.3. The van der Waals surface area contributed by atoms with E-state index in [2.05, 4.69) is 33.8 Å². The number of allylic oxidation sites excluding steroid dienone is 2. The zero-order valence-electron chi connectivity index (χ0n) is 14.7. The van der Waals surface area contributed by atoms with Crippen molar-refractivity contribution in [3.05, 3.63) is 11.6 Å². The Morgan fingerprint density at radius 2 is 1.67 bits per heavy atom. The Balaban J connectivity index is 1.73. The lowest BCUT2D eigenvalue weighted by molar-refractivity contribution is -0.0362. The van der Waals surface area contributed by atoms with Crippen molar-refractivity contribution >= 4 is 0 Å². The normalized spacial score (nSPS) is 51.6. The van der Waals surface area contributed by atoms with Gasteiger partial charge in [0.25, 0.3) is 0 Å². The van der Waals surface area contributed by atoms with Crippen LogP contribution in [0.3, 0.4) is 0 Å². The first-order valence-corrected chi connectivity index (χ1v) is 9.58. The lowest BCUT2D eigenvalue weighted by Crippen LogP contribution is -2.50. The minimum absolute atomic E-state index is 0.467. The second-order valence-electron chi connectivity index (χ2n) is 9.97. The Labute approximate surface area is 131 Å². The minimum Gasteiger partial charge on any atom is -0.0839 e. The van der Waals surface area contributed by atoms with E-state index in [-0.39, 0.29) is 0 Å². The van der Waals surface area contributed by atoms with E-state index in [4.69, 9.17) is 0 Å². The van der Waals surface area contributed by atoms with Gasteiger partial charge in [-0.3, -0.25) is 0 Å². The van der Waals surface area contributed by atoms with E-state index in [0.717, 1.165) is 17.8 Å². The van der Waals surface area contributed by atoms with Crippen molar-refractivity contribution < 1.29 is 0 Å². The highest BCUT2D eigenvalue weighted by atomic mass is 14.6. The number of hydrogen-bond donors (Lipinski definition) is 0. The molecule has 0 bridgehead atoms. The third kappa shape index (κ3) is 1.86. The number of fused-ring (bicyclic) bond motifs is 5. The number of rotatable bonds is 0. The van der Waals surface area contributed by atoms with E-state index in [9.17, 15) is 0 Å². The molecule has 0 amide bonds. The second-order valence-corrected chi connectivity index (χ2v) is 9.97. The van der Waals surface area contributed by atoms with E-state index in [1.807, 2.05) is 5.57 Å². The van der Waals surface area contributed by atoms with Crippen molar-refractivity contribution in [2.24, 2.45) is 34.0 Å². The summed E-state index contributed by atoms with van der Waals surface area (Å²) in [6.07, 6.45) is 16.0. The van der Waals surface area contributed by atoms with Crippen LogP contribution in [0.5, 0.6) is 0 Å². The highest BCUT2D eigenvalue weighted by Crippen LogP contribution is 2.66. The fourth-order valence-electron chi connectivity index (χ4n) is 7.49. The summed E-state index contributed by atoms with van der Waals surface area (Å²) in [5.41, 5.74) is 3.56. The maximum Gasteiger partial charge on any atom is -0.00799 e. The molecule has 0 aromatic rings. The van der Waals surface area contributed by atoms with Crippen LogP contribution in [0, 0.1) is 34.0 Å². The van der Waals surface area contributed by atoms with Crippen LogP contribution in [0.25, 0.3) is 0 Å². The standard InChI is InChI=1S/C21H34/c1-19(2)11-6-13-21(4)17-10-14-20(3)12-5-7-16(20)15(17)8-9-18(19)21/h9,15-17H,5-8,10-14H2,1-4H3/t15-,16-,17-,20-,21+/m0/s1. The third-order valence-electron chi connectivity index (χ3n) is 8.47. The molecule has 0 N–H and O–H groups in total. The molecule has 4 rings (SSSR count). The Bertz CT molecular complexity index is 470. The molecule has 0 aliphatic heterocycles. The molecule has 3 fully saturated rings. The van der Waals surface area contributed by atoms with Crippen molar-refractivity contribution in [1.29, 1.82) is 0 Å². The van der Waals surface area contributed by atoms with Crippen molar-refractivity contribution in [2.75, 3.05) is 0 Å². The monoisotopic (exact) mass is 286 g/mol. The number of hydrogen-bond acceptors (Lipinski definition) is 0. The van der Waals surface area contributed by atoms with Gasteiger partial charge in [-0.25, -0.2) is 0 Å². The summed E-state index contributed by atoms with van der Waals surface area (Å²) in [5.74, 6) is 3.04. The predicted molar refractivity (Wildman–Crippen MR) is 90.1 cm³/mol. The van der Waals surface area contributed by atoms with Crippen LogP contribution in [0.1, 0.15) is 85.5 Å². The van der Waals surface area contributed by atoms with E-state index < -0.39 is 0 Å². The van der Waals surface area contributed by atoms with Gasteiger partial charge in [0.05, 0.1) is 0 Å². The summed E-state index contributed by atoms with van der Waals surface area (Å²) in [7, 11) is 0. The Morgan fingerprint density at radius 3 is 2.48 bits per heavy atom. The van der Waals surface area contributed by atoms with Crippen LogP contribution in [0.2, 0.25) is 0 Å². The molecule has 0 radical (unpaired) electrons. The molecule has 0 aromatic heterocycles. The minimum atomic E-state index is 0.467. The molecule has 0 unspecified atom stereocenters. The quantitative estimate of drug-likeness (QED) is 0.454. The first-order chi connectivity index (χ1) is 9.87. The van der Waals surface area contributed by atoms with Gasteiger partial charge >= 0.3 is 0 Å². The van der Waals surface area contributed by atoms with Crippen molar-refractivity contribution in [1.82, 2.24) is 0 Å². The Hall–Kier alpha value is -0.260. The smallest absolute Gasteiger partial charge is 0.00799 e. The van der Waals surface area contributed by atoms with E-state index >= 15 is 0 Å². The molecule has 0 saturated heterocycles. The summed E-state index contributed by atoms with van der Waals surface area (Å²) in [5, 5.41) is 0. The highest BCUT2D eigenvalue weighted by molar-refractivity contribution is 5.29. The molecule has 0 nitrogen and oxygen atoms in total. The summed E-state index contributed by atoms with van der Waals surface area (Å²) >= 11 is 0. The maximum absolute atomic E-state index is 2.73. The van der Waals surface area contributed by atoms with Crippen LogP contribution >= 0.6 is 0 Å². The average molecular weight is 287 g/mol. The molecule has 0 spiro atoms. The van der Waals surface area contributed by atoms with Gasteiger partial charge in [-0.05, 0) is 78.9 Å². The molecule has 4 aliphatic carbocycles. The van der Waals surface area contributed by atoms with E-state index in [1.54, 1.807) is 0 Å². The topological polar surface area (TPSA) is 0 Å². The third-order valence-corrected chi connectivity index (χ3v) is 8.47. The van der Waals surface area contributed by atoms with Crippen LogP contribution in [0.15, 0.2) is 11.6 Å². The Morgan fingerprint density at radius 1 is 0.857 bits per heavy atom. The van der Waals surface area contributed by atoms with Crippen LogP contribution in [-0.4, -0.2) is 0 Å². The lowest BCUT2D eigenvalue weighted by atomic mass is 9.45. The van der Waals surface area contributed by atoms with Gasteiger partial charge < -0.3 is 0 Å². The fraction of sp³-hybridized carbons (Fsp3) is 0.905. The van der Waals surface area contributed by atoms with Crippen LogP contribution in [0.4, 0.5) is 0 Å². The molecule has 3 saturated carbocycles.